The molecule has 2 N–H and O–H groups in total. The summed E-state index contributed by atoms with van der Waals surface area (Å²) in [6, 6.07) is 9.76. The fourth-order valence-electron chi connectivity index (χ4n) is 5.09. The number of hydrogen-bond donors (Lipinski definition) is 2. The van der Waals surface area contributed by atoms with Crippen molar-refractivity contribution < 1.29 is 33.8 Å². The van der Waals surface area contributed by atoms with Gasteiger partial charge in [0.15, 0.2) is 5.82 Å². The largest absolute Gasteiger partial charge is 0.481 e. The Kier molecular flexibility index (Phi) is 11.9. The van der Waals surface area contributed by atoms with Crippen molar-refractivity contribution in [3.8, 4) is 11.4 Å². The van der Waals surface area contributed by atoms with Gasteiger partial charge in [0.05, 0.1) is 12.7 Å². The number of carboxylic acids is 1. The zero-order chi connectivity index (χ0) is 31.5. The lowest BCUT2D eigenvalue weighted by molar-refractivity contribution is -0.138. The SMILES string of the molecule is CCCCCOC(=O)N1CCN(C(=O)[C@H](CCC(=O)O)NC(=O)c2cc(N3CC(OCC)C3)nc(-c3ccccc3)n2)CC1. The molecule has 2 fully saturated rings. The summed E-state index contributed by atoms with van der Waals surface area (Å²) in [5, 5.41) is 12.1. The van der Waals surface area contributed by atoms with Crippen LogP contribution in [-0.2, 0) is 19.1 Å². The highest BCUT2D eigenvalue weighted by atomic mass is 16.6. The molecule has 0 radical (unpaired) electrons. The van der Waals surface area contributed by atoms with Crippen molar-refractivity contribution >= 4 is 29.7 Å². The summed E-state index contributed by atoms with van der Waals surface area (Å²) in [5.74, 6) is -1.17. The highest BCUT2D eigenvalue weighted by Gasteiger charge is 2.33. The number of anilines is 1. The van der Waals surface area contributed by atoms with Gasteiger partial charge in [-0.2, -0.15) is 0 Å². The van der Waals surface area contributed by atoms with Crippen LogP contribution in [0, 0.1) is 0 Å². The Labute approximate surface area is 257 Å². The number of aliphatic carboxylic acids is 1. The fraction of sp³-hybridized carbons (Fsp3) is 0.548. The van der Waals surface area contributed by atoms with Crippen LogP contribution in [0.5, 0.6) is 0 Å². The Morgan fingerprint density at radius 1 is 1.00 bits per heavy atom. The number of amides is 3. The zero-order valence-electron chi connectivity index (χ0n) is 25.4. The Hall–Kier alpha value is -4.26. The molecule has 3 heterocycles. The van der Waals surface area contributed by atoms with Gasteiger partial charge in [0.1, 0.15) is 17.6 Å². The third kappa shape index (κ3) is 8.88. The van der Waals surface area contributed by atoms with Gasteiger partial charge >= 0.3 is 12.1 Å². The van der Waals surface area contributed by atoms with Gasteiger partial charge in [-0.25, -0.2) is 14.8 Å². The lowest BCUT2D eigenvalue weighted by atomic mass is 10.1. The smallest absolute Gasteiger partial charge is 0.409 e. The quantitative estimate of drug-likeness (QED) is 0.305. The molecule has 0 aliphatic carbocycles. The Morgan fingerprint density at radius 2 is 1.70 bits per heavy atom. The number of piperazine rings is 1. The van der Waals surface area contributed by atoms with Crippen LogP contribution in [0.3, 0.4) is 0 Å². The van der Waals surface area contributed by atoms with E-state index in [2.05, 4.69) is 22.2 Å². The van der Waals surface area contributed by atoms with Crippen molar-refractivity contribution in [3.05, 3.63) is 42.1 Å². The molecule has 2 aliphatic heterocycles. The number of rotatable bonds is 14. The Bertz CT molecular complexity index is 1280. The van der Waals surface area contributed by atoms with Crippen molar-refractivity contribution in [1.29, 1.82) is 0 Å². The minimum absolute atomic E-state index is 0.0671. The van der Waals surface area contributed by atoms with Crippen LogP contribution in [0.2, 0.25) is 0 Å². The van der Waals surface area contributed by atoms with Crippen molar-refractivity contribution in [2.45, 2.75) is 58.1 Å². The molecule has 2 aromatic rings. The van der Waals surface area contributed by atoms with Crippen molar-refractivity contribution in [1.82, 2.24) is 25.1 Å². The number of aromatic nitrogens is 2. The fourth-order valence-corrected chi connectivity index (χ4v) is 5.09. The summed E-state index contributed by atoms with van der Waals surface area (Å²) in [6.45, 7) is 7.28. The number of hydrogen-bond acceptors (Lipinski definition) is 9. The maximum atomic E-state index is 13.6. The lowest BCUT2D eigenvalue weighted by Gasteiger charge is -2.39. The predicted molar refractivity (Wildman–Crippen MR) is 162 cm³/mol. The Morgan fingerprint density at radius 3 is 2.36 bits per heavy atom. The zero-order valence-corrected chi connectivity index (χ0v) is 25.4. The number of unbranched alkanes of at least 4 members (excludes halogenated alkanes) is 2. The average Bonchev–Trinajstić information content (AvgIpc) is 3.02. The van der Waals surface area contributed by atoms with Gasteiger partial charge < -0.3 is 34.6 Å². The van der Waals surface area contributed by atoms with Gasteiger partial charge in [-0.15, -0.1) is 0 Å². The summed E-state index contributed by atoms with van der Waals surface area (Å²) in [7, 11) is 0. The van der Waals surface area contributed by atoms with Crippen molar-refractivity contribution in [2.75, 3.05) is 57.4 Å². The van der Waals surface area contributed by atoms with Crippen LogP contribution in [0.4, 0.5) is 10.6 Å². The minimum Gasteiger partial charge on any atom is -0.481 e. The molecular weight excluding hydrogens is 568 g/mol. The molecule has 13 heteroatoms. The van der Waals surface area contributed by atoms with Gasteiger partial charge in [-0.05, 0) is 19.8 Å². The topological polar surface area (TPSA) is 154 Å². The first-order valence-corrected chi connectivity index (χ1v) is 15.3. The van der Waals surface area contributed by atoms with Gasteiger partial charge in [-0.3, -0.25) is 14.4 Å². The second kappa shape index (κ2) is 16.0. The number of carbonyl (C=O) groups excluding carboxylic acids is 3. The standard InChI is InChI=1S/C31H42N6O7/c1-3-5-9-18-44-31(42)36-16-14-35(15-17-36)30(41)24(12-13-27(38)39)33-29(40)25-19-26(37-20-23(21-37)43-4-2)34-28(32-25)22-10-7-6-8-11-22/h6-8,10-11,19,23-24H,3-5,9,12-18,20-21H2,1-2H3,(H,33,40)(H,38,39)/t24-/m0/s1. The monoisotopic (exact) mass is 610 g/mol. The lowest BCUT2D eigenvalue weighted by Crippen LogP contribution is -2.56. The first-order chi connectivity index (χ1) is 21.3. The minimum atomic E-state index is -1.09. The van der Waals surface area contributed by atoms with Gasteiger partial charge in [0.2, 0.25) is 5.91 Å². The number of carboxylic acid groups (broad SMARTS) is 1. The first kappa shape index (κ1) is 32.6. The van der Waals surface area contributed by atoms with Crippen LogP contribution in [-0.4, -0.2) is 113 Å². The van der Waals surface area contributed by atoms with E-state index in [1.165, 1.54) is 0 Å². The third-order valence-electron chi connectivity index (χ3n) is 7.62. The molecule has 1 atom stereocenters. The van der Waals surface area contributed by atoms with Crippen LogP contribution in [0.1, 0.15) is 56.4 Å². The van der Waals surface area contributed by atoms with Gasteiger partial charge in [0, 0.05) is 63.9 Å². The molecule has 1 aromatic carbocycles. The maximum absolute atomic E-state index is 13.6. The Balaban J connectivity index is 1.46. The predicted octanol–water partition coefficient (Wildman–Crippen LogP) is 2.80. The molecule has 3 amide bonds. The summed E-state index contributed by atoms with van der Waals surface area (Å²) in [4.78, 5) is 65.2. The van der Waals surface area contributed by atoms with Crippen LogP contribution >= 0.6 is 0 Å². The second-order valence-electron chi connectivity index (χ2n) is 10.9. The summed E-state index contributed by atoms with van der Waals surface area (Å²) >= 11 is 0. The summed E-state index contributed by atoms with van der Waals surface area (Å²) in [5.41, 5.74) is 0.794. The van der Waals surface area contributed by atoms with E-state index in [1.807, 2.05) is 42.2 Å². The molecule has 2 aliphatic rings. The van der Waals surface area contributed by atoms with Crippen LogP contribution in [0.15, 0.2) is 36.4 Å². The number of carbonyl (C=O) groups is 4. The van der Waals surface area contributed by atoms with Crippen LogP contribution < -0.4 is 10.2 Å². The van der Waals surface area contributed by atoms with E-state index < -0.39 is 29.9 Å². The highest BCUT2D eigenvalue weighted by molar-refractivity contribution is 5.97. The molecule has 1 aromatic heterocycles. The first-order valence-electron chi connectivity index (χ1n) is 15.3. The van der Waals surface area contributed by atoms with Gasteiger partial charge in [0.25, 0.3) is 5.91 Å². The van der Waals surface area contributed by atoms with E-state index in [0.29, 0.717) is 37.9 Å². The molecule has 13 nitrogen and oxygen atoms in total. The van der Waals surface area contributed by atoms with E-state index >= 15 is 0 Å². The summed E-state index contributed by atoms with van der Waals surface area (Å²) < 4.78 is 11.0. The second-order valence-corrected chi connectivity index (χ2v) is 10.9. The molecule has 238 valence electrons. The summed E-state index contributed by atoms with van der Waals surface area (Å²) in [6.07, 6.45) is 2.08. The number of ether oxygens (including phenoxy) is 2. The average molecular weight is 611 g/mol. The normalized spacial score (nSPS) is 15.8. The van der Waals surface area contributed by atoms with Gasteiger partial charge in [-0.1, -0.05) is 50.1 Å². The van der Waals surface area contributed by atoms with Crippen molar-refractivity contribution in [2.24, 2.45) is 0 Å². The molecule has 2 saturated heterocycles. The van der Waals surface area contributed by atoms with E-state index in [1.54, 1.807) is 15.9 Å². The molecule has 0 spiro atoms. The molecule has 44 heavy (non-hydrogen) atoms. The molecule has 0 saturated carbocycles. The molecule has 0 unspecified atom stereocenters. The number of nitrogens with zero attached hydrogens (tertiary/aromatic N) is 5. The van der Waals surface area contributed by atoms with E-state index in [-0.39, 0.29) is 50.8 Å². The van der Waals surface area contributed by atoms with E-state index in [0.717, 1.165) is 24.8 Å². The van der Waals surface area contributed by atoms with E-state index in [9.17, 15) is 24.3 Å². The number of benzene rings is 1. The molecule has 0 bridgehead atoms. The van der Waals surface area contributed by atoms with Crippen LogP contribution in [0.25, 0.3) is 11.4 Å². The third-order valence-corrected chi connectivity index (χ3v) is 7.62. The number of nitrogens with one attached hydrogen (secondary N) is 1. The molecular formula is C31H42N6O7. The van der Waals surface area contributed by atoms with Crippen molar-refractivity contribution in [3.63, 3.8) is 0 Å². The maximum Gasteiger partial charge on any atom is 0.409 e. The molecule has 4 rings (SSSR count). The van der Waals surface area contributed by atoms with E-state index in [4.69, 9.17) is 9.47 Å². The highest BCUT2D eigenvalue weighted by Crippen LogP contribution is 2.25.